The Morgan fingerprint density at radius 3 is 2.75 bits per heavy atom. The van der Waals surface area contributed by atoms with E-state index < -0.39 is 0 Å². The first-order chi connectivity index (χ1) is 9.67. The maximum atomic E-state index is 12.3. The quantitative estimate of drug-likeness (QED) is 0.722. The van der Waals surface area contributed by atoms with Crippen LogP contribution in [0.1, 0.15) is 44.9 Å². The van der Waals surface area contributed by atoms with Crippen LogP contribution in [0.3, 0.4) is 0 Å². The van der Waals surface area contributed by atoms with E-state index in [1.54, 1.807) is 0 Å². The highest BCUT2D eigenvalue weighted by atomic mass is 16.5. The fourth-order valence-corrected chi connectivity index (χ4v) is 3.06. The molecular weight excluding hydrogens is 254 g/mol. The number of morpholine rings is 1. The second-order valence-electron chi connectivity index (χ2n) is 6.09. The number of carbonyl (C=O) groups excluding carboxylic acids is 1. The molecule has 0 aromatic heterocycles. The van der Waals surface area contributed by atoms with Crippen LogP contribution in [0.25, 0.3) is 0 Å². The van der Waals surface area contributed by atoms with Crippen LogP contribution < -0.4 is 0 Å². The number of hydrogen-bond acceptors (Lipinski definition) is 4. The second-order valence-corrected chi connectivity index (χ2v) is 6.09. The maximum absolute atomic E-state index is 12.3. The summed E-state index contributed by atoms with van der Waals surface area (Å²) in [5.41, 5.74) is -0.369. The van der Waals surface area contributed by atoms with E-state index in [9.17, 15) is 4.79 Å². The minimum absolute atomic E-state index is 0.0244. The highest BCUT2D eigenvalue weighted by Crippen LogP contribution is 2.40. The molecule has 1 aliphatic carbocycles. The first-order valence-corrected chi connectivity index (χ1v) is 7.46. The topological polar surface area (TPSA) is 54.3 Å². The first kappa shape index (κ1) is 13.6. The highest BCUT2D eigenvalue weighted by Gasteiger charge is 2.44. The Labute approximate surface area is 119 Å². The van der Waals surface area contributed by atoms with E-state index in [0.717, 1.165) is 25.8 Å². The Morgan fingerprint density at radius 1 is 1.35 bits per heavy atom. The number of ether oxygens (including phenoxy) is 1. The largest absolute Gasteiger partial charge is 0.371 e. The molecule has 20 heavy (non-hydrogen) atoms. The third kappa shape index (κ3) is 2.71. The molecule has 0 aromatic carbocycles. The number of nitrogens with zero attached hydrogens (tertiary/aromatic N) is 3. The lowest BCUT2D eigenvalue weighted by Gasteiger charge is -2.48. The van der Waals surface area contributed by atoms with E-state index in [4.69, 9.17) is 11.2 Å². The molecule has 1 saturated heterocycles. The Kier molecular flexibility index (Phi) is 3.51. The smallest absolute Gasteiger partial charge is 0.222 e. The van der Waals surface area contributed by atoms with Crippen molar-refractivity contribution in [2.45, 2.75) is 56.2 Å². The van der Waals surface area contributed by atoms with Crippen LogP contribution >= 0.6 is 0 Å². The Morgan fingerprint density at radius 2 is 2.15 bits per heavy atom. The van der Waals surface area contributed by atoms with Crippen LogP contribution in [0.15, 0.2) is 10.2 Å². The SMILES string of the molecule is C#CCCC1(CCC(=O)N2CCOC3(CCC3)C2)N=N1. The number of rotatable bonds is 5. The molecule has 0 bridgehead atoms. The average Bonchev–Trinajstić information content (AvgIpc) is 3.21. The van der Waals surface area contributed by atoms with Gasteiger partial charge in [0.05, 0.1) is 12.2 Å². The fraction of sp³-hybridized carbons (Fsp3) is 0.800. The van der Waals surface area contributed by atoms with Crippen molar-refractivity contribution >= 4 is 5.91 Å². The van der Waals surface area contributed by atoms with Gasteiger partial charge in [-0.3, -0.25) is 4.79 Å². The number of hydrogen-bond donors (Lipinski definition) is 0. The molecule has 2 aliphatic heterocycles. The Bertz CT molecular complexity index is 456. The van der Waals surface area contributed by atoms with Crippen LogP contribution in [-0.2, 0) is 9.53 Å². The molecule has 1 saturated carbocycles. The normalized spacial score (nSPS) is 25.1. The lowest BCUT2D eigenvalue weighted by molar-refractivity contribution is -0.167. The summed E-state index contributed by atoms with van der Waals surface area (Å²) in [5.74, 6) is 2.81. The van der Waals surface area contributed by atoms with Gasteiger partial charge < -0.3 is 9.64 Å². The summed E-state index contributed by atoms with van der Waals surface area (Å²) < 4.78 is 5.84. The standard InChI is InChI=1S/C15H21N3O2/c1-2-3-8-15(16-17-15)9-5-13(19)18-10-11-20-14(12-18)6-4-7-14/h1H,3-12H2. The summed E-state index contributed by atoms with van der Waals surface area (Å²) in [5, 5.41) is 8.16. The van der Waals surface area contributed by atoms with Gasteiger partial charge in [0, 0.05) is 38.8 Å². The zero-order valence-corrected chi connectivity index (χ0v) is 11.8. The van der Waals surface area contributed by atoms with Gasteiger partial charge in [0.25, 0.3) is 0 Å². The van der Waals surface area contributed by atoms with E-state index in [2.05, 4.69) is 16.1 Å². The van der Waals surface area contributed by atoms with Crippen molar-refractivity contribution < 1.29 is 9.53 Å². The van der Waals surface area contributed by atoms with Crippen molar-refractivity contribution in [1.29, 1.82) is 0 Å². The Balaban J connectivity index is 1.46. The van der Waals surface area contributed by atoms with Crippen molar-refractivity contribution in [3.63, 3.8) is 0 Å². The predicted molar refractivity (Wildman–Crippen MR) is 74.0 cm³/mol. The van der Waals surface area contributed by atoms with Crippen molar-refractivity contribution in [2.24, 2.45) is 10.2 Å². The summed E-state index contributed by atoms with van der Waals surface area (Å²) in [7, 11) is 0. The molecule has 3 rings (SSSR count). The van der Waals surface area contributed by atoms with E-state index in [-0.39, 0.29) is 17.2 Å². The summed E-state index contributed by atoms with van der Waals surface area (Å²) in [6.07, 6.45) is 11.3. The third-order valence-electron chi connectivity index (χ3n) is 4.66. The van der Waals surface area contributed by atoms with Gasteiger partial charge in [-0.25, -0.2) is 0 Å². The molecule has 1 amide bonds. The molecular formula is C15H21N3O2. The number of terminal acetylenes is 1. The molecule has 0 unspecified atom stereocenters. The number of amides is 1. The van der Waals surface area contributed by atoms with Crippen molar-refractivity contribution in [3.8, 4) is 12.3 Å². The van der Waals surface area contributed by atoms with Crippen LogP contribution in [0.5, 0.6) is 0 Å². The zero-order chi connectivity index (χ0) is 14.1. The van der Waals surface area contributed by atoms with Crippen molar-refractivity contribution in [1.82, 2.24) is 4.90 Å². The zero-order valence-electron chi connectivity index (χ0n) is 11.8. The van der Waals surface area contributed by atoms with Gasteiger partial charge in [-0.2, -0.15) is 10.2 Å². The molecule has 1 spiro atoms. The number of carbonyl (C=O) groups is 1. The first-order valence-electron chi connectivity index (χ1n) is 7.46. The van der Waals surface area contributed by atoms with Gasteiger partial charge >= 0.3 is 0 Å². The summed E-state index contributed by atoms with van der Waals surface area (Å²) >= 11 is 0. The average molecular weight is 275 g/mol. The van der Waals surface area contributed by atoms with Crippen molar-refractivity contribution in [2.75, 3.05) is 19.7 Å². The molecule has 0 radical (unpaired) electrons. The van der Waals surface area contributed by atoms with Gasteiger partial charge in [-0.05, 0) is 19.3 Å². The van der Waals surface area contributed by atoms with E-state index in [1.807, 2.05) is 4.90 Å². The monoisotopic (exact) mass is 275 g/mol. The minimum Gasteiger partial charge on any atom is -0.371 e. The van der Waals surface area contributed by atoms with Crippen molar-refractivity contribution in [3.05, 3.63) is 0 Å². The van der Waals surface area contributed by atoms with Gasteiger partial charge in [-0.1, -0.05) is 0 Å². The summed E-state index contributed by atoms with van der Waals surface area (Å²) in [4.78, 5) is 14.3. The van der Waals surface area contributed by atoms with Crippen LogP contribution in [0.4, 0.5) is 0 Å². The summed E-state index contributed by atoms with van der Waals surface area (Å²) in [6.45, 7) is 2.15. The molecule has 3 aliphatic rings. The van der Waals surface area contributed by atoms with Gasteiger partial charge in [-0.15, -0.1) is 12.3 Å². The second kappa shape index (κ2) is 5.17. The highest BCUT2D eigenvalue weighted by molar-refractivity contribution is 5.76. The van der Waals surface area contributed by atoms with Gasteiger partial charge in [0.2, 0.25) is 5.91 Å². The van der Waals surface area contributed by atoms with Gasteiger partial charge in [0.15, 0.2) is 5.66 Å². The van der Waals surface area contributed by atoms with Gasteiger partial charge in [0.1, 0.15) is 0 Å². The molecule has 2 fully saturated rings. The molecule has 0 N–H and O–H groups in total. The lowest BCUT2D eigenvalue weighted by Crippen LogP contribution is -2.57. The molecule has 0 atom stereocenters. The van der Waals surface area contributed by atoms with E-state index >= 15 is 0 Å². The van der Waals surface area contributed by atoms with E-state index in [0.29, 0.717) is 32.4 Å². The molecule has 2 heterocycles. The molecule has 108 valence electrons. The van der Waals surface area contributed by atoms with Crippen LogP contribution in [0, 0.1) is 12.3 Å². The molecule has 5 nitrogen and oxygen atoms in total. The molecule has 0 aromatic rings. The predicted octanol–water partition coefficient (Wildman–Crippen LogP) is 2.12. The summed E-state index contributed by atoms with van der Waals surface area (Å²) in [6, 6.07) is 0. The minimum atomic E-state index is -0.345. The lowest BCUT2D eigenvalue weighted by atomic mass is 9.79. The van der Waals surface area contributed by atoms with Crippen LogP contribution in [-0.4, -0.2) is 41.8 Å². The third-order valence-corrected chi connectivity index (χ3v) is 4.66. The Hall–Kier alpha value is -1.41. The van der Waals surface area contributed by atoms with E-state index in [1.165, 1.54) is 6.42 Å². The fourth-order valence-electron chi connectivity index (χ4n) is 3.06. The molecule has 5 heteroatoms. The maximum Gasteiger partial charge on any atom is 0.222 e. The van der Waals surface area contributed by atoms with Crippen LogP contribution in [0.2, 0.25) is 0 Å².